The van der Waals surface area contributed by atoms with Gasteiger partial charge in [-0.25, -0.2) is 9.67 Å². The number of nitrogens with one attached hydrogen (secondary N) is 1. The summed E-state index contributed by atoms with van der Waals surface area (Å²) in [5.74, 6) is -0.620. The fraction of sp³-hybridized carbons (Fsp3) is 0.276. The van der Waals surface area contributed by atoms with Crippen LogP contribution >= 0.6 is 11.3 Å². The Kier molecular flexibility index (Phi) is 7.97. The second kappa shape index (κ2) is 11.5. The van der Waals surface area contributed by atoms with Gasteiger partial charge in [-0.15, -0.1) is 11.3 Å². The van der Waals surface area contributed by atoms with E-state index in [9.17, 15) is 22.8 Å². The molecule has 0 aliphatic rings. The normalized spacial score (nSPS) is 11.8. The number of carbonyl (C=O) groups is 2. The zero-order valence-corrected chi connectivity index (χ0v) is 24.5. The van der Waals surface area contributed by atoms with E-state index in [4.69, 9.17) is 10.5 Å². The summed E-state index contributed by atoms with van der Waals surface area (Å²) in [5.41, 5.74) is 6.53. The molecule has 0 aliphatic carbocycles. The lowest BCUT2D eigenvalue weighted by Crippen LogP contribution is -2.18. The van der Waals surface area contributed by atoms with Gasteiger partial charge in [0.25, 0.3) is 11.8 Å². The number of primary amides is 1. The monoisotopic (exact) mass is 611 g/mol. The number of benzene rings is 1. The Labute approximate surface area is 248 Å². The minimum Gasteiger partial charge on any atom is -0.471 e. The van der Waals surface area contributed by atoms with Gasteiger partial charge >= 0.3 is 6.18 Å². The molecule has 0 saturated carbocycles. The number of anilines is 1. The summed E-state index contributed by atoms with van der Waals surface area (Å²) in [7, 11) is 0. The molecule has 4 heterocycles. The SMILES string of the molecule is CCn1cc(-c2cc(C(F)(F)F)nc3sc(C(N)=O)c(NC(=O)c4ccn(COc5ccc(C(C)C)cc5)n4)c23)c(C)n1. The number of hydrogen-bond acceptors (Lipinski definition) is 7. The average molecular weight is 612 g/mol. The summed E-state index contributed by atoms with van der Waals surface area (Å²) in [4.78, 5) is 29.3. The topological polar surface area (TPSA) is 130 Å². The predicted octanol–water partition coefficient (Wildman–Crippen LogP) is 6.21. The second-order valence-corrected chi connectivity index (χ2v) is 11.1. The molecule has 5 aromatic rings. The highest BCUT2D eigenvalue weighted by atomic mass is 32.1. The van der Waals surface area contributed by atoms with Crippen LogP contribution in [-0.2, 0) is 19.5 Å². The van der Waals surface area contributed by atoms with Crippen molar-refractivity contribution in [3.8, 4) is 16.9 Å². The van der Waals surface area contributed by atoms with E-state index in [1.807, 2.05) is 31.2 Å². The molecule has 0 radical (unpaired) electrons. The highest BCUT2D eigenvalue weighted by molar-refractivity contribution is 7.21. The van der Waals surface area contributed by atoms with Crippen LogP contribution in [-0.4, -0.2) is 36.4 Å². The molecule has 0 aliphatic heterocycles. The van der Waals surface area contributed by atoms with Crippen LogP contribution in [0.4, 0.5) is 18.9 Å². The summed E-state index contributed by atoms with van der Waals surface area (Å²) in [6.07, 6.45) is -1.61. The quantitative estimate of drug-likeness (QED) is 0.204. The number of thiophene rings is 1. The maximum absolute atomic E-state index is 13.8. The van der Waals surface area contributed by atoms with Crippen LogP contribution in [0.1, 0.15) is 63.8 Å². The minimum absolute atomic E-state index is 0.00932. The van der Waals surface area contributed by atoms with E-state index in [0.29, 0.717) is 40.8 Å². The molecule has 3 N–H and O–H groups in total. The molecular formula is C29H28F3N7O3S. The lowest BCUT2D eigenvalue weighted by molar-refractivity contribution is -0.140. The molecule has 2 amide bonds. The van der Waals surface area contributed by atoms with Crippen molar-refractivity contribution in [2.75, 3.05) is 5.32 Å². The Balaban J connectivity index is 1.49. The second-order valence-electron chi connectivity index (χ2n) is 10.1. The van der Waals surface area contributed by atoms with E-state index in [-0.39, 0.29) is 38.8 Å². The number of nitrogens with zero attached hydrogens (tertiary/aromatic N) is 5. The first-order valence-corrected chi connectivity index (χ1v) is 14.1. The van der Waals surface area contributed by atoms with Gasteiger partial charge in [0.2, 0.25) is 0 Å². The van der Waals surface area contributed by atoms with Crippen LogP contribution in [0, 0.1) is 6.92 Å². The molecule has 10 nitrogen and oxygen atoms in total. The van der Waals surface area contributed by atoms with E-state index in [0.717, 1.165) is 6.07 Å². The van der Waals surface area contributed by atoms with Crippen molar-refractivity contribution < 1.29 is 27.5 Å². The van der Waals surface area contributed by atoms with E-state index < -0.39 is 23.7 Å². The van der Waals surface area contributed by atoms with Crippen LogP contribution in [0.5, 0.6) is 5.75 Å². The lowest BCUT2D eigenvalue weighted by Gasteiger charge is -2.11. The fourth-order valence-corrected chi connectivity index (χ4v) is 5.52. The molecule has 0 atom stereocenters. The minimum atomic E-state index is -4.76. The van der Waals surface area contributed by atoms with E-state index in [2.05, 4.69) is 34.3 Å². The summed E-state index contributed by atoms with van der Waals surface area (Å²) < 4.78 is 50.3. The molecule has 43 heavy (non-hydrogen) atoms. The van der Waals surface area contributed by atoms with Gasteiger partial charge in [0, 0.05) is 29.9 Å². The number of amides is 2. The number of carbonyl (C=O) groups excluding carboxylic acids is 2. The van der Waals surface area contributed by atoms with E-state index in [1.165, 1.54) is 16.3 Å². The average Bonchev–Trinajstić information content (AvgIpc) is 3.68. The third-order valence-electron chi connectivity index (χ3n) is 6.76. The molecule has 0 saturated heterocycles. The number of hydrogen-bond donors (Lipinski definition) is 2. The van der Waals surface area contributed by atoms with Crippen LogP contribution in [0.25, 0.3) is 21.3 Å². The largest absolute Gasteiger partial charge is 0.471 e. The predicted molar refractivity (Wildman–Crippen MR) is 156 cm³/mol. The summed E-state index contributed by atoms with van der Waals surface area (Å²) in [6.45, 7) is 8.20. The summed E-state index contributed by atoms with van der Waals surface area (Å²) >= 11 is 0.667. The number of fused-ring (bicyclic) bond motifs is 1. The number of nitrogens with two attached hydrogens (primary N) is 1. The highest BCUT2D eigenvalue weighted by Gasteiger charge is 2.35. The summed E-state index contributed by atoms with van der Waals surface area (Å²) in [5, 5.41) is 11.4. The van der Waals surface area contributed by atoms with Gasteiger partial charge in [-0.3, -0.25) is 14.3 Å². The molecule has 14 heteroatoms. The van der Waals surface area contributed by atoms with E-state index in [1.54, 1.807) is 24.0 Å². The maximum Gasteiger partial charge on any atom is 0.433 e. The molecule has 0 fully saturated rings. The Hall–Kier alpha value is -4.72. The van der Waals surface area contributed by atoms with Crippen molar-refractivity contribution in [3.63, 3.8) is 0 Å². The Bertz CT molecular complexity index is 1820. The van der Waals surface area contributed by atoms with Gasteiger partial charge in [0.15, 0.2) is 12.4 Å². The number of rotatable bonds is 9. The molecular weight excluding hydrogens is 583 g/mol. The number of alkyl halides is 3. The molecule has 0 spiro atoms. The van der Waals surface area contributed by atoms with Crippen LogP contribution in [0.3, 0.4) is 0 Å². The van der Waals surface area contributed by atoms with Crippen LogP contribution in [0.2, 0.25) is 0 Å². The third kappa shape index (κ3) is 6.09. The number of halogens is 3. The van der Waals surface area contributed by atoms with Crippen LogP contribution in [0.15, 0.2) is 48.8 Å². The molecule has 1 aromatic carbocycles. The van der Waals surface area contributed by atoms with Gasteiger partial charge in [0.05, 0.1) is 11.4 Å². The highest BCUT2D eigenvalue weighted by Crippen LogP contribution is 2.44. The Morgan fingerprint density at radius 1 is 1.09 bits per heavy atom. The number of aromatic nitrogens is 5. The van der Waals surface area contributed by atoms with Crippen molar-refractivity contribution >= 4 is 39.1 Å². The number of pyridine rings is 1. The Morgan fingerprint density at radius 2 is 1.81 bits per heavy atom. The zero-order chi connectivity index (χ0) is 31.1. The van der Waals surface area contributed by atoms with Gasteiger partial charge < -0.3 is 15.8 Å². The molecule has 0 unspecified atom stereocenters. The van der Waals surface area contributed by atoms with Crippen molar-refractivity contribution in [3.05, 3.63) is 76.3 Å². The number of aryl methyl sites for hydroxylation is 2. The van der Waals surface area contributed by atoms with Gasteiger partial charge in [0.1, 0.15) is 21.2 Å². The van der Waals surface area contributed by atoms with Gasteiger partial charge in [-0.2, -0.15) is 23.4 Å². The fourth-order valence-electron chi connectivity index (χ4n) is 4.51. The molecule has 224 valence electrons. The first-order chi connectivity index (χ1) is 20.3. The zero-order valence-electron chi connectivity index (χ0n) is 23.7. The van der Waals surface area contributed by atoms with Gasteiger partial charge in [-0.05, 0) is 55.2 Å². The number of ether oxygens (including phenoxy) is 1. The first kappa shape index (κ1) is 29.8. The van der Waals surface area contributed by atoms with Crippen LogP contribution < -0.4 is 15.8 Å². The van der Waals surface area contributed by atoms with Crippen molar-refractivity contribution in [1.82, 2.24) is 24.5 Å². The molecule has 4 aromatic heterocycles. The Morgan fingerprint density at radius 3 is 2.42 bits per heavy atom. The maximum atomic E-state index is 13.8. The third-order valence-corrected chi connectivity index (χ3v) is 7.86. The lowest BCUT2D eigenvalue weighted by atomic mass is 10.0. The van der Waals surface area contributed by atoms with Gasteiger partial charge in [-0.1, -0.05) is 26.0 Å². The smallest absolute Gasteiger partial charge is 0.433 e. The molecule has 0 bridgehead atoms. The standard InChI is InChI=1S/C29H28F3N7O3S/c1-5-38-13-20(16(4)36-38)19-12-22(29(30,31)32)34-28-23(19)24(25(43-28)26(33)40)35-27(41)21-10-11-39(37-21)14-42-18-8-6-17(7-9-18)15(2)3/h6-13,15H,5,14H2,1-4H3,(H2,33,40)(H,35,41). The van der Waals surface area contributed by atoms with Crippen molar-refractivity contribution in [1.29, 1.82) is 0 Å². The first-order valence-electron chi connectivity index (χ1n) is 13.3. The van der Waals surface area contributed by atoms with E-state index >= 15 is 0 Å². The summed E-state index contributed by atoms with van der Waals surface area (Å²) in [6, 6.07) is 9.98. The van der Waals surface area contributed by atoms with Crippen molar-refractivity contribution in [2.24, 2.45) is 5.73 Å². The molecule has 5 rings (SSSR count). The van der Waals surface area contributed by atoms with Crippen molar-refractivity contribution in [2.45, 2.75) is 53.1 Å².